The Hall–Kier alpha value is -2.38. The summed E-state index contributed by atoms with van der Waals surface area (Å²) in [6, 6.07) is 0.496. The predicted octanol–water partition coefficient (Wildman–Crippen LogP) is 2.42. The molecule has 4 nitrogen and oxygen atoms in total. The zero-order valence-corrected chi connectivity index (χ0v) is 12.0. The van der Waals surface area contributed by atoms with Crippen LogP contribution in [0.25, 0.3) is 0 Å². The molecule has 1 aliphatic carbocycles. The van der Waals surface area contributed by atoms with Gasteiger partial charge in [0, 0.05) is 17.7 Å². The van der Waals surface area contributed by atoms with Gasteiger partial charge < -0.3 is 10.5 Å². The van der Waals surface area contributed by atoms with Crippen molar-refractivity contribution in [1.82, 2.24) is 0 Å². The van der Waals surface area contributed by atoms with Gasteiger partial charge in [-0.25, -0.2) is 22.4 Å². The summed E-state index contributed by atoms with van der Waals surface area (Å²) in [4.78, 5) is 24.2. The number of allylic oxidation sites excluding steroid dienone is 1. The lowest BCUT2D eigenvalue weighted by Gasteiger charge is -2.11. The Morgan fingerprint density at radius 1 is 1.22 bits per heavy atom. The number of halogens is 4. The fourth-order valence-corrected chi connectivity index (χ4v) is 2.05. The van der Waals surface area contributed by atoms with Gasteiger partial charge in [0.15, 0.2) is 11.6 Å². The summed E-state index contributed by atoms with van der Waals surface area (Å²) < 4.78 is 57.7. The molecule has 1 aromatic carbocycles. The lowest BCUT2D eigenvalue weighted by molar-refractivity contribution is -0.138. The molecule has 1 aromatic rings. The molecule has 1 aliphatic rings. The van der Waals surface area contributed by atoms with E-state index in [4.69, 9.17) is 5.73 Å². The Morgan fingerprint density at radius 2 is 1.78 bits per heavy atom. The quantitative estimate of drug-likeness (QED) is 0.171. The zero-order valence-electron chi connectivity index (χ0n) is 12.0. The van der Waals surface area contributed by atoms with Gasteiger partial charge in [-0.05, 0) is 19.4 Å². The molecule has 0 unspecified atom stereocenters. The molecule has 2 atom stereocenters. The average Bonchev–Trinajstić information content (AvgIpc) is 3.20. The lowest BCUT2D eigenvalue weighted by atomic mass is 9.99. The minimum Gasteiger partial charge on any atom is -0.462 e. The number of alkyl halides is 1. The summed E-state index contributed by atoms with van der Waals surface area (Å²) in [5.41, 5.74) is 3.60. The zero-order chi connectivity index (χ0) is 17.3. The fourth-order valence-electron chi connectivity index (χ4n) is 2.05. The van der Waals surface area contributed by atoms with Gasteiger partial charge in [0.1, 0.15) is 17.6 Å². The van der Waals surface area contributed by atoms with Crippen LogP contribution < -0.4 is 5.73 Å². The Kier molecular flexibility index (Phi) is 4.72. The molecule has 23 heavy (non-hydrogen) atoms. The summed E-state index contributed by atoms with van der Waals surface area (Å²) in [6.07, 6.45) is -1.30. The van der Waals surface area contributed by atoms with Crippen LogP contribution in [-0.4, -0.2) is 24.5 Å². The molecule has 1 fully saturated rings. The molecule has 0 aromatic heterocycles. The molecule has 1 saturated carbocycles. The highest BCUT2D eigenvalue weighted by atomic mass is 19.2. The van der Waals surface area contributed by atoms with Crippen LogP contribution in [0.5, 0.6) is 0 Å². The van der Waals surface area contributed by atoms with E-state index in [2.05, 4.69) is 4.74 Å². The smallest absolute Gasteiger partial charge is 0.343 e. The highest BCUT2D eigenvalue weighted by Gasteiger charge is 2.43. The standard InChI is InChI=1S/C15H13F4NO3/c1-2-23-15(22)12(13(20)6-3-8(6)16)14(21)7-4-10(18)11(19)5-9(7)17/h4-6,8H,2-3,20H2,1H3/t6-,8+/m1/s1. The predicted molar refractivity (Wildman–Crippen MR) is 71.5 cm³/mol. The molecule has 0 aliphatic heterocycles. The first-order chi connectivity index (χ1) is 10.8. The minimum atomic E-state index is -1.49. The topological polar surface area (TPSA) is 69.4 Å². The van der Waals surface area contributed by atoms with Crippen LogP contribution in [0.3, 0.4) is 0 Å². The van der Waals surface area contributed by atoms with E-state index >= 15 is 0 Å². The van der Waals surface area contributed by atoms with Crippen LogP contribution in [0.1, 0.15) is 23.7 Å². The van der Waals surface area contributed by atoms with E-state index in [1.165, 1.54) is 6.92 Å². The van der Waals surface area contributed by atoms with Gasteiger partial charge in [0.05, 0.1) is 12.2 Å². The Bertz CT molecular complexity index is 702. The molecule has 124 valence electrons. The van der Waals surface area contributed by atoms with Crippen molar-refractivity contribution in [1.29, 1.82) is 0 Å². The van der Waals surface area contributed by atoms with E-state index in [1.54, 1.807) is 0 Å². The lowest BCUT2D eigenvalue weighted by Crippen LogP contribution is -2.23. The Morgan fingerprint density at radius 3 is 2.30 bits per heavy atom. The number of Topliss-reactive ketones (excluding diaryl/α,β-unsaturated/α-hetero) is 1. The average molecular weight is 331 g/mol. The van der Waals surface area contributed by atoms with Gasteiger partial charge >= 0.3 is 5.97 Å². The molecule has 0 spiro atoms. The molecule has 2 rings (SSSR count). The van der Waals surface area contributed by atoms with E-state index in [0.717, 1.165) is 0 Å². The van der Waals surface area contributed by atoms with Gasteiger partial charge in [-0.3, -0.25) is 4.79 Å². The minimum absolute atomic E-state index is 0.0162. The van der Waals surface area contributed by atoms with Gasteiger partial charge in [-0.15, -0.1) is 0 Å². The van der Waals surface area contributed by atoms with Crippen molar-refractivity contribution >= 4 is 11.8 Å². The third-order valence-electron chi connectivity index (χ3n) is 3.36. The number of rotatable bonds is 5. The molecule has 0 amide bonds. The molecular weight excluding hydrogens is 318 g/mol. The van der Waals surface area contributed by atoms with E-state index in [9.17, 15) is 27.2 Å². The van der Waals surface area contributed by atoms with Crippen molar-refractivity contribution in [2.24, 2.45) is 11.7 Å². The maximum Gasteiger partial charge on any atom is 0.343 e. The molecule has 0 saturated heterocycles. The second kappa shape index (κ2) is 6.39. The molecular formula is C15H13F4NO3. The Balaban J connectivity index is 2.50. The molecule has 0 bridgehead atoms. The molecule has 2 N–H and O–H groups in total. The second-order valence-corrected chi connectivity index (χ2v) is 4.98. The van der Waals surface area contributed by atoms with Crippen LogP contribution in [-0.2, 0) is 9.53 Å². The van der Waals surface area contributed by atoms with E-state index < -0.39 is 52.4 Å². The Labute approximate surface area is 128 Å². The van der Waals surface area contributed by atoms with Crippen LogP contribution in [0.15, 0.2) is 23.4 Å². The van der Waals surface area contributed by atoms with Crippen molar-refractivity contribution in [3.05, 3.63) is 46.4 Å². The van der Waals surface area contributed by atoms with E-state index in [1.807, 2.05) is 0 Å². The summed E-state index contributed by atoms with van der Waals surface area (Å²) in [6.45, 7) is 1.36. The number of hydrogen-bond donors (Lipinski definition) is 1. The first-order valence-electron chi connectivity index (χ1n) is 6.78. The first-order valence-corrected chi connectivity index (χ1v) is 6.78. The van der Waals surface area contributed by atoms with E-state index in [0.29, 0.717) is 6.07 Å². The van der Waals surface area contributed by atoms with E-state index in [-0.39, 0.29) is 24.8 Å². The number of esters is 1. The van der Waals surface area contributed by atoms with Gasteiger partial charge in [0.2, 0.25) is 5.78 Å². The highest BCUT2D eigenvalue weighted by Crippen LogP contribution is 2.39. The SMILES string of the molecule is CCOC(=O)C(C(=O)c1cc(F)c(F)cc1F)=C(N)[C@@H]1C[C@@H]1F. The van der Waals surface area contributed by atoms with Crippen LogP contribution in [0.4, 0.5) is 17.6 Å². The third kappa shape index (κ3) is 3.35. The number of benzene rings is 1. The second-order valence-electron chi connectivity index (χ2n) is 4.98. The summed E-state index contributed by atoms with van der Waals surface area (Å²) >= 11 is 0. The third-order valence-corrected chi connectivity index (χ3v) is 3.36. The maximum absolute atomic E-state index is 13.7. The van der Waals surface area contributed by atoms with Crippen molar-refractivity contribution in [2.45, 2.75) is 19.5 Å². The summed E-state index contributed by atoms with van der Waals surface area (Å²) in [5, 5.41) is 0. The number of hydrogen-bond acceptors (Lipinski definition) is 4. The summed E-state index contributed by atoms with van der Waals surface area (Å²) in [7, 11) is 0. The molecule has 0 radical (unpaired) electrons. The largest absolute Gasteiger partial charge is 0.462 e. The number of carbonyl (C=O) groups excluding carboxylic acids is 2. The first kappa shape index (κ1) is 17.0. The maximum atomic E-state index is 13.7. The number of nitrogens with two attached hydrogens (primary N) is 1. The van der Waals surface area contributed by atoms with Crippen molar-refractivity contribution < 1.29 is 31.9 Å². The fraction of sp³-hybridized carbons (Fsp3) is 0.333. The number of ether oxygens (including phenoxy) is 1. The van der Waals surface area contributed by atoms with Crippen LogP contribution in [0.2, 0.25) is 0 Å². The van der Waals surface area contributed by atoms with Gasteiger partial charge in [0.25, 0.3) is 0 Å². The monoisotopic (exact) mass is 331 g/mol. The van der Waals surface area contributed by atoms with Crippen molar-refractivity contribution in [2.75, 3.05) is 6.61 Å². The van der Waals surface area contributed by atoms with Crippen LogP contribution >= 0.6 is 0 Å². The van der Waals surface area contributed by atoms with Gasteiger partial charge in [-0.2, -0.15) is 0 Å². The summed E-state index contributed by atoms with van der Waals surface area (Å²) in [5.74, 6) is -7.62. The normalized spacial score (nSPS) is 20.7. The number of carbonyl (C=O) groups is 2. The van der Waals surface area contributed by atoms with Gasteiger partial charge in [-0.1, -0.05) is 0 Å². The molecule has 0 heterocycles. The van der Waals surface area contributed by atoms with Crippen LogP contribution in [0, 0.1) is 23.4 Å². The number of ketones is 1. The van der Waals surface area contributed by atoms with Crippen molar-refractivity contribution in [3.8, 4) is 0 Å². The highest BCUT2D eigenvalue weighted by molar-refractivity contribution is 6.24. The van der Waals surface area contributed by atoms with Crippen molar-refractivity contribution in [3.63, 3.8) is 0 Å². The molecule has 8 heteroatoms.